The standard InChI is InChI=1S/C24H37NO2/c1-18(2)10-8-11-19(3)12-9-13-20(4)14-15-22-23(21(5)24(26)27-22)25-16-6-7-17-25/h10,12,14,22H,6-9,11,13,15-17H2,1-5H3/b19-12+,20-14+. The number of rotatable bonds is 9. The summed E-state index contributed by atoms with van der Waals surface area (Å²) >= 11 is 0. The van der Waals surface area contributed by atoms with E-state index in [0.717, 1.165) is 56.5 Å². The lowest BCUT2D eigenvalue weighted by Gasteiger charge is -2.23. The van der Waals surface area contributed by atoms with Crippen LogP contribution < -0.4 is 0 Å². The van der Waals surface area contributed by atoms with Crippen molar-refractivity contribution in [2.75, 3.05) is 13.1 Å². The highest BCUT2D eigenvalue weighted by Gasteiger charge is 2.35. The van der Waals surface area contributed by atoms with Crippen LogP contribution in [0, 0.1) is 0 Å². The second-order valence-corrected chi connectivity index (χ2v) is 8.29. The molecule has 2 aliphatic heterocycles. The summed E-state index contributed by atoms with van der Waals surface area (Å²) in [7, 11) is 0. The zero-order valence-electron chi connectivity index (χ0n) is 17.9. The van der Waals surface area contributed by atoms with Gasteiger partial charge < -0.3 is 9.64 Å². The maximum absolute atomic E-state index is 12.0. The Kier molecular flexibility index (Phi) is 8.40. The van der Waals surface area contributed by atoms with E-state index in [0.29, 0.717) is 0 Å². The lowest BCUT2D eigenvalue weighted by molar-refractivity contribution is -0.139. The molecule has 3 heteroatoms. The van der Waals surface area contributed by atoms with Crippen molar-refractivity contribution in [3.8, 4) is 0 Å². The maximum Gasteiger partial charge on any atom is 0.336 e. The average Bonchev–Trinajstić information content (AvgIpc) is 3.21. The molecule has 1 saturated heterocycles. The van der Waals surface area contributed by atoms with Gasteiger partial charge in [-0.2, -0.15) is 0 Å². The fraction of sp³-hybridized carbons (Fsp3) is 0.625. The fourth-order valence-corrected chi connectivity index (χ4v) is 3.83. The first kappa shape index (κ1) is 21.5. The zero-order chi connectivity index (χ0) is 19.8. The van der Waals surface area contributed by atoms with Crippen LogP contribution in [0.3, 0.4) is 0 Å². The molecule has 1 unspecified atom stereocenters. The first-order valence-electron chi connectivity index (χ1n) is 10.5. The van der Waals surface area contributed by atoms with Crippen LogP contribution in [0.4, 0.5) is 0 Å². The third-order valence-electron chi connectivity index (χ3n) is 5.49. The Hall–Kier alpha value is -1.77. The summed E-state index contributed by atoms with van der Waals surface area (Å²) in [4.78, 5) is 14.4. The third kappa shape index (κ3) is 6.71. The molecule has 0 aromatic carbocycles. The number of hydrogen-bond donors (Lipinski definition) is 0. The minimum Gasteiger partial charge on any atom is -0.452 e. The van der Waals surface area contributed by atoms with Gasteiger partial charge in [-0.05, 0) is 73.1 Å². The molecule has 0 aromatic rings. The monoisotopic (exact) mass is 371 g/mol. The summed E-state index contributed by atoms with van der Waals surface area (Å²) in [6, 6.07) is 0. The van der Waals surface area contributed by atoms with E-state index in [2.05, 4.69) is 50.8 Å². The number of nitrogens with zero attached hydrogens (tertiary/aromatic N) is 1. The zero-order valence-corrected chi connectivity index (χ0v) is 17.9. The number of cyclic esters (lactones) is 1. The number of likely N-dealkylation sites (tertiary alicyclic amines) is 1. The van der Waals surface area contributed by atoms with Crippen molar-refractivity contribution in [3.63, 3.8) is 0 Å². The molecule has 1 fully saturated rings. The first-order chi connectivity index (χ1) is 12.9. The molecule has 27 heavy (non-hydrogen) atoms. The van der Waals surface area contributed by atoms with Gasteiger partial charge in [0.25, 0.3) is 0 Å². The first-order valence-corrected chi connectivity index (χ1v) is 10.5. The lowest BCUT2D eigenvalue weighted by Crippen LogP contribution is -2.26. The number of hydrogen-bond acceptors (Lipinski definition) is 3. The number of carbonyl (C=O) groups is 1. The van der Waals surface area contributed by atoms with Gasteiger partial charge in [0.2, 0.25) is 0 Å². The van der Waals surface area contributed by atoms with Gasteiger partial charge in [-0.15, -0.1) is 0 Å². The van der Waals surface area contributed by atoms with Crippen LogP contribution in [0.5, 0.6) is 0 Å². The Labute approximate surface area is 165 Å². The van der Waals surface area contributed by atoms with E-state index in [9.17, 15) is 4.79 Å². The molecule has 0 amide bonds. The van der Waals surface area contributed by atoms with Crippen LogP contribution >= 0.6 is 0 Å². The normalized spacial score (nSPS) is 21.1. The van der Waals surface area contributed by atoms with Gasteiger partial charge in [0, 0.05) is 19.5 Å². The van der Waals surface area contributed by atoms with E-state index in [1.54, 1.807) is 0 Å². The predicted molar refractivity (Wildman–Crippen MR) is 113 cm³/mol. The van der Waals surface area contributed by atoms with Crippen LogP contribution in [0.2, 0.25) is 0 Å². The van der Waals surface area contributed by atoms with Gasteiger partial charge in [0.15, 0.2) is 0 Å². The van der Waals surface area contributed by atoms with Crippen molar-refractivity contribution >= 4 is 5.97 Å². The van der Waals surface area contributed by atoms with Crippen molar-refractivity contribution in [2.45, 2.75) is 85.7 Å². The molecular weight excluding hydrogens is 334 g/mol. The molecule has 3 nitrogen and oxygen atoms in total. The minimum atomic E-state index is -0.136. The maximum atomic E-state index is 12.0. The highest BCUT2D eigenvalue weighted by atomic mass is 16.5. The van der Waals surface area contributed by atoms with Crippen molar-refractivity contribution in [2.24, 2.45) is 0 Å². The van der Waals surface area contributed by atoms with Crippen molar-refractivity contribution < 1.29 is 9.53 Å². The topological polar surface area (TPSA) is 29.5 Å². The molecule has 0 aliphatic carbocycles. The third-order valence-corrected chi connectivity index (χ3v) is 5.49. The number of allylic oxidation sites excluding steroid dienone is 5. The van der Waals surface area contributed by atoms with Crippen LogP contribution in [0.15, 0.2) is 46.2 Å². The van der Waals surface area contributed by atoms with E-state index in [-0.39, 0.29) is 12.1 Å². The van der Waals surface area contributed by atoms with Crippen molar-refractivity contribution in [1.82, 2.24) is 4.90 Å². The second kappa shape index (κ2) is 10.5. The molecule has 0 aromatic heterocycles. The van der Waals surface area contributed by atoms with Crippen molar-refractivity contribution in [3.05, 3.63) is 46.2 Å². The molecule has 1 atom stereocenters. The molecule has 2 aliphatic rings. The summed E-state index contributed by atoms with van der Waals surface area (Å²) in [5, 5.41) is 0. The van der Waals surface area contributed by atoms with Gasteiger partial charge in [-0.25, -0.2) is 4.79 Å². The van der Waals surface area contributed by atoms with E-state index < -0.39 is 0 Å². The SMILES string of the molecule is CC(C)=CCC/C(C)=C/CC/C(C)=C/CC1OC(=O)C(C)=C1N1CCCC1. The van der Waals surface area contributed by atoms with E-state index in [1.807, 2.05) is 6.92 Å². The number of carbonyl (C=O) groups excluding carboxylic acids is 1. The molecule has 0 spiro atoms. The summed E-state index contributed by atoms with van der Waals surface area (Å²) in [6.45, 7) is 12.7. The number of esters is 1. The number of ether oxygens (including phenoxy) is 1. The van der Waals surface area contributed by atoms with Crippen LogP contribution in [0.1, 0.15) is 79.6 Å². The minimum absolute atomic E-state index is 0.0908. The molecule has 2 heterocycles. The molecule has 2 rings (SSSR count). The van der Waals surface area contributed by atoms with Gasteiger partial charge in [0.05, 0.1) is 11.3 Å². The van der Waals surface area contributed by atoms with Gasteiger partial charge >= 0.3 is 5.97 Å². The van der Waals surface area contributed by atoms with E-state index in [4.69, 9.17) is 4.74 Å². The Balaban J connectivity index is 1.82. The average molecular weight is 372 g/mol. The summed E-state index contributed by atoms with van der Waals surface area (Å²) in [5.41, 5.74) is 6.19. The summed E-state index contributed by atoms with van der Waals surface area (Å²) < 4.78 is 5.64. The Morgan fingerprint density at radius 3 is 2.22 bits per heavy atom. The van der Waals surface area contributed by atoms with Crippen molar-refractivity contribution in [1.29, 1.82) is 0 Å². The van der Waals surface area contributed by atoms with Crippen LogP contribution in [0.25, 0.3) is 0 Å². The Morgan fingerprint density at radius 2 is 1.59 bits per heavy atom. The predicted octanol–water partition coefficient (Wildman–Crippen LogP) is 6.09. The Morgan fingerprint density at radius 1 is 1.00 bits per heavy atom. The molecule has 0 radical (unpaired) electrons. The quantitative estimate of drug-likeness (QED) is 0.363. The second-order valence-electron chi connectivity index (χ2n) is 8.29. The molecule has 0 bridgehead atoms. The van der Waals surface area contributed by atoms with Gasteiger partial charge in [0.1, 0.15) is 6.10 Å². The highest BCUT2D eigenvalue weighted by Crippen LogP contribution is 2.31. The molecule has 150 valence electrons. The molecule has 0 saturated carbocycles. The van der Waals surface area contributed by atoms with Gasteiger partial charge in [-0.1, -0.05) is 34.9 Å². The molecular formula is C24H37NO2. The van der Waals surface area contributed by atoms with Crippen LogP contribution in [-0.2, 0) is 9.53 Å². The molecule has 0 N–H and O–H groups in total. The summed E-state index contributed by atoms with van der Waals surface area (Å²) in [5.74, 6) is -0.136. The fourth-order valence-electron chi connectivity index (χ4n) is 3.83. The van der Waals surface area contributed by atoms with E-state index in [1.165, 1.54) is 29.6 Å². The largest absolute Gasteiger partial charge is 0.452 e. The lowest BCUT2D eigenvalue weighted by atomic mass is 10.0. The Bertz CT molecular complexity index is 641. The highest BCUT2D eigenvalue weighted by molar-refractivity contribution is 5.91. The van der Waals surface area contributed by atoms with Crippen LogP contribution in [-0.4, -0.2) is 30.1 Å². The summed E-state index contributed by atoms with van der Waals surface area (Å²) in [6.07, 6.45) is 14.5. The van der Waals surface area contributed by atoms with Gasteiger partial charge in [-0.3, -0.25) is 0 Å². The van der Waals surface area contributed by atoms with E-state index >= 15 is 0 Å². The smallest absolute Gasteiger partial charge is 0.336 e.